The Morgan fingerprint density at radius 3 is 2.13 bits per heavy atom. The molecule has 0 radical (unpaired) electrons. The normalized spacial score (nSPS) is 11.3. The van der Waals surface area contributed by atoms with Crippen LogP contribution in [0.5, 0.6) is 0 Å². The Balaban J connectivity index is 3.36. The Morgan fingerprint density at radius 2 is 1.80 bits per heavy atom. The first kappa shape index (κ1) is 11.9. The van der Waals surface area contributed by atoms with Crippen molar-refractivity contribution >= 4 is 5.69 Å². The molecule has 0 bridgehead atoms. The van der Waals surface area contributed by atoms with Gasteiger partial charge in [-0.1, -0.05) is 20.8 Å². The molecule has 86 valence electrons. The lowest BCUT2D eigenvalue weighted by atomic mass is 10.2. The molecule has 4 nitrogen and oxygen atoms in total. The predicted molar refractivity (Wildman–Crippen MR) is 63.1 cm³/mol. The van der Waals surface area contributed by atoms with Crippen LogP contribution < -0.4 is 11.3 Å². The highest BCUT2D eigenvalue weighted by molar-refractivity contribution is 5.41. The molecule has 0 spiro atoms. The van der Waals surface area contributed by atoms with Crippen molar-refractivity contribution in [3.63, 3.8) is 0 Å². The Morgan fingerprint density at radius 1 is 1.27 bits per heavy atom. The summed E-state index contributed by atoms with van der Waals surface area (Å²) < 4.78 is 3.70. The Labute approximate surface area is 90.7 Å². The van der Waals surface area contributed by atoms with Crippen molar-refractivity contribution in [1.29, 1.82) is 0 Å². The summed E-state index contributed by atoms with van der Waals surface area (Å²) in [7, 11) is 1.91. The molecule has 0 aromatic carbocycles. The predicted octanol–water partition coefficient (Wildman–Crippen LogP) is 1.69. The van der Waals surface area contributed by atoms with E-state index < -0.39 is 0 Å². The van der Waals surface area contributed by atoms with Crippen molar-refractivity contribution in [2.24, 2.45) is 7.05 Å². The fraction of sp³-hybridized carbons (Fsp3) is 0.727. The second-order valence-corrected chi connectivity index (χ2v) is 3.86. The maximum atomic E-state index is 11.9. The monoisotopic (exact) mass is 211 g/mol. The van der Waals surface area contributed by atoms with Crippen LogP contribution in [0.25, 0.3) is 0 Å². The summed E-state index contributed by atoms with van der Waals surface area (Å²) in [5.74, 6) is 0. The first-order valence-corrected chi connectivity index (χ1v) is 5.64. The van der Waals surface area contributed by atoms with Gasteiger partial charge in [-0.3, -0.25) is 9.48 Å². The van der Waals surface area contributed by atoms with Crippen LogP contribution in [-0.2, 0) is 13.5 Å². The molecular weight excluding hydrogens is 190 g/mol. The van der Waals surface area contributed by atoms with Crippen molar-refractivity contribution in [1.82, 2.24) is 9.36 Å². The molecule has 1 heterocycles. The van der Waals surface area contributed by atoms with Gasteiger partial charge >= 0.3 is 0 Å². The second kappa shape index (κ2) is 4.55. The van der Waals surface area contributed by atoms with Crippen molar-refractivity contribution in [3.05, 3.63) is 16.0 Å². The van der Waals surface area contributed by atoms with Gasteiger partial charge in [-0.2, -0.15) is 0 Å². The van der Waals surface area contributed by atoms with Crippen LogP contribution >= 0.6 is 0 Å². The van der Waals surface area contributed by atoms with Crippen LogP contribution in [-0.4, -0.2) is 9.36 Å². The second-order valence-electron chi connectivity index (χ2n) is 3.86. The van der Waals surface area contributed by atoms with Crippen LogP contribution in [0.2, 0.25) is 0 Å². The zero-order valence-corrected chi connectivity index (χ0v) is 10.1. The van der Waals surface area contributed by atoms with E-state index in [1.807, 2.05) is 18.7 Å². The third kappa shape index (κ3) is 1.80. The van der Waals surface area contributed by atoms with Crippen LogP contribution in [0.4, 0.5) is 5.69 Å². The van der Waals surface area contributed by atoms with Crippen molar-refractivity contribution in [2.75, 3.05) is 5.73 Å². The third-order valence-electron chi connectivity index (χ3n) is 3.09. The van der Waals surface area contributed by atoms with Gasteiger partial charge in [0, 0.05) is 7.05 Å². The van der Waals surface area contributed by atoms with E-state index in [1.54, 1.807) is 4.68 Å². The number of nitrogen functional groups attached to an aromatic ring is 1. The molecule has 1 aromatic heterocycles. The molecule has 0 aliphatic carbocycles. The fourth-order valence-electron chi connectivity index (χ4n) is 2.15. The van der Waals surface area contributed by atoms with Crippen LogP contribution in [0.1, 0.15) is 45.3 Å². The van der Waals surface area contributed by atoms with Crippen LogP contribution in [0.3, 0.4) is 0 Å². The SMILES string of the molecule is CCc1c(N)c(=O)n(C(CC)CC)n1C. The van der Waals surface area contributed by atoms with E-state index in [-0.39, 0.29) is 11.6 Å². The van der Waals surface area contributed by atoms with Gasteiger partial charge in [-0.25, -0.2) is 4.68 Å². The van der Waals surface area contributed by atoms with Crippen molar-refractivity contribution in [3.8, 4) is 0 Å². The molecule has 0 aliphatic heterocycles. The summed E-state index contributed by atoms with van der Waals surface area (Å²) in [6.45, 7) is 6.20. The largest absolute Gasteiger partial charge is 0.393 e. The van der Waals surface area contributed by atoms with Gasteiger partial charge < -0.3 is 5.73 Å². The van der Waals surface area contributed by atoms with Gasteiger partial charge in [0.2, 0.25) is 0 Å². The number of nitrogens with two attached hydrogens (primary N) is 1. The molecule has 0 saturated carbocycles. The average molecular weight is 211 g/mol. The molecule has 0 amide bonds. The summed E-state index contributed by atoms with van der Waals surface area (Å²) in [5, 5.41) is 0. The molecular formula is C11H21N3O. The summed E-state index contributed by atoms with van der Waals surface area (Å²) >= 11 is 0. The van der Waals surface area contributed by atoms with Gasteiger partial charge in [0.1, 0.15) is 5.69 Å². The van der Waals surface area contributed by atoms with Gasteiger partial charge in [0.05, 0.1) is 11.7 Å². The zero-order valence-electron chi connectivity index (χ0n) is 10.1. The topological polar surface area (TPSA) is 53.0 Å². The van der Waals surface area contributed by atoms with E-state index in [0.29, 0.717) is 5.69 Å². The average Bonchev–Trinajstić information content (AvgIpc) is 2.44. The first-order chi connectivity index (χ1) is 7.08. The highest BCUT2D eigenvalue weighted by Gasteiger charge is 2.18. The van der Waals surface area contributed by atoms with E-state index in [4.69, 9.17) is 5.73 Å². The van der Waals surface area contributed by atoms with Crippen molar-refractivity contribution < 1.29 is 0 Å². The molecule has 1 aromatic rings. The lowest BCUT2D eigenvalue weighted by molar-refractivity contribution is 0.362. The molecule has 0 atom stereocenters. The Hall–Kier alpha value is -1.19. The highest BCUT2D eigenvalue weighted by atomic mass is 16.1. The summed E-state index contributed by atoms with van der Waals surface area (Å²) in [5.41, 5.74) is 7.12. The minimum absolute atomic E-state index is 0.0388. The summed E-state index contributed by atoms with van der Waals surface area (Å²) in [4.78, 5) is 11.9. The van der Waals surface area contributed by atoms with Crippen molar-refractivity contribution in [2.45, 2.75) is 46.1 Å². The van der Waals surface area contributed by atoms with Crippen LogP contribution in [0, 0.1) is 0 Å². The quantitative estimate of drug-likeness (QED) is 0.824. The molecule has 15 heavy (non-hydrogen) atoms. The van der Waals surface area contributed by atoms with E-state index in [9.17, 15) is 4.79 Å². The lowest BCUT2D eigenvalue weighted by Crippen LogP contribution is -2.26. The van der Waals surface area contributed by atoms with Gasteiger partial charge in [-0.15, -0.1) is 0 Å². The highest BCUT2D eigenvalue weighted by Crippen LogP contribution is 2.17. The number of anilines is 1. The molecule has 1 rings (SSSR count). The van der Waals surface area contributed by atoms with Gasteiger partial charge in [0.15, 0.2) is 0 Å². The van der Waals surface area contributed by atoms with E-state index in [2.05, 4.69) is 13.8 Å². The number of hydrogen-bond acceptors (Lipinski definition) is 2. The van der Waals surface area contributed by atoms with E-state index >= 15 is 0 Å². The number of hydrogen-bond donors (Lipinski definition) is 1. The lowest BCUT2D eigenvalue weighted by Gasteiger charge is -2.17. The minimum atomic E-state index is -0.0388. The number of aromatic nitrogens is 2. The molecule has 0 unspecified atom stereocenters. The van der Waals surface area contributed by atoms with Gasteiger partial charge in [-0.05, 0) is 19.3 Å². The molecule has 4 heteroatoms. The zero-order chi connectivity index (χ0) is 11.6. The minimum Gasteiger partial charge on any atom is -0.393 e. The smallest absolute Gasteiger partial charge is 0.290 e. The third-order valence-corrected chi connectivity index (χ3v) is 3.09. The molecule has 0 fully saturated rings. The fourth-order valence-corrected chi connectivity index (χ4v) is 2.15. The maximum Gasteiger partial charge on any atom is 0.290 e. The Kier molecular flexibility index (Phi) is 3.61. The maximum absolute atomic E-state index is 11.9. The van der Waals surface area contributed by atoms with E-state index in [0.717, 1.165) is 25.0 Å². The molecule has 0 aliphatic rings. The first-order valence-electron chi connectivity index (χ1n) is 5.64. The van der Waals surface area contributed by atoms with Crippen LogP contribution in [0.15, 0.2) is 4.79 Å². The standard InChI is InChI=1S/C11H21N3O/c1-5-8(6-2)14-11(15)10(12)9(7-3)13(14)4/h8H,5-7,12H2,1-4H3. The summed E-state index contributed by atoms with van der Waals surface area (Å²) in [6, 6.07) is 0.255. The molecule has 2 N–H and O–H groups in total. The Bertz CT molecular complexity index is 385. The van der Waals surface area contributed by atoms with Gasteiger partial charge in [0.25, 0.3) is 5.56 Å². The summed E-state index contributed by atoms with van der Waals surface area (Å²) in [6.07, 6.45) is 2.71. The molecule has 0 saturated heterocycles. The van der Waals surface area contributed by atoms with E-state index in [1.165, 1.54) is 0 Å². The number of nitrogens with zero attached hydrogens (tertiary/aromatic N) is 2. The number of rotatable bonds is 4.